The molecule has 5 nitrogen and oxygen atoms in total. The van der Waals surface area contributed by atoms with Crippen molar-refractivity contribution in [1.29, 1.82) is 0 Å². The fourth-order valence-electron chi connectivity index (χ4n) is 3.39. The first kappa shape index (κ1) is 22.9. The summed E-state index contributed by atoms with van der Waals surface area (Å²) < 4.78 is 11.8. The van der Waals surface area contributed by atoms with Crippen molar-refractivity contribution < 1.29 is 14.3 Å². The molecule has 1 aliphatic rings. The Morgan fingerprint density at radius 1 is 0.939 bits per heavy atom. The molecular formula is C26H22Cl2N2O3. The van der Waals surface area contributed by atoms with Crippen LogP contribution >= 0.6 is 23.2 Å². The lowest BCUT2D eigenvalue weighted by atomic mass is 10.1. The van der Waals surface area contributed by atoms with Gasteiger partial charge in [0.25, 0.3) is 5.91 Å². The summed E-state index contributed by atoms with van der Waals surface area (Å²) in [6.45, 7) is 4.52. The Hall–Kier alpha value is -3.28. The quantitative estimate of drug-likeness (QED) is 0.350. The van der Waals surface area contributed by atoms with Crippen LogP contribution in [-0.2, 0) is 11.4 Å². The largest absolute Gasteiger partial charge is 0.490 e. The average molecular weight is 481 g/mol. The van der Waals surface area contributed by atoms with Gasteiger partial charge < -0.3 is 9.47 Å². The zero-order chi connectivity index (χ0) is 23.4. The van der Waals surface area contributed by atoms with Gasteiger partial charge in [-0.1, -0.05) is 53.5 Å². The first-order valence-corrected chi connectivity index (χ1v) is 11.2. The zero-order valence-corrected chi connectivity index (χ0v) is 19.7. The van der Waals surface area contributed by atoms with E-state index in [4.69, 9.17) is 32.7 Å². The van der Waals surface area contributed by atoms with Crippen LogP contribution in [0.4, 0.5) is 5.69 Å². The number of benzene rings is 3. The van der Waals surface area contributed by atoms with Crippen LogP contribution in [-0.4, -0.2) is 18.2 Å². The number of halogens is 2. The van der Waals surface area contributed by atoms with Crippen molar-refractivity contribution in [2.75, 3.05) is 11.6 Å². The molecule has 1 amide bonds. The summed E-state index contributed by atoms with van der Waals surface area (Å²) in [5.41, 5.74) is 3.62. The summed E-state index contributed by atoms with van der Waals surface area (Å²) in [6.07, 6.45) is 1.81. The van der Waals surface area contributed by atoms with Gasteiger partial charge in [-0.25, -0.2) is 0 Å². The third-order valence-corrected chi connectivity index (χ3v) is 5.76. The molecule has 0 aromatic heterocycles. The molecule has 1 aliphatic heterocycles. The second-order valence-electron chi connectivity index (χ2n) is 7.37. The number of hydrogen-bond acceptors (Lipinski definition) is 4. The van der Waals surface area contributed by atoms with E-state index in [2.05, 4.69) is 5.10 Å². The number of rotatable bonds is 7. The third kappa shape index (κ3) is 5.21. The molecule has 3 aromatic rings. The Morgan fingerprint density at radius 3 is 2.45 bits per heavy atom. The highest BCUT2D eigenvalue weighted by molar-refractivity contribution is 6.42. The fourth-order valence-corrected chi connectivity index (χ4v) is 3.71. The highest BCUT2D eigenvalue weighted by Gasteiger charge is 2.28. The second-order valence-corrected chi connectivity index (χ2v) is 8.19. The molecule has 0 bridgehead atoms. The molecular weight excluding hydrogens is 459 g/mol. The normalized spacial score (nSPS) is 14.5. The number of ether oxygens (including phenoxy) is 2. The van der Waals surface area contributed by atoms with Crippen molar-refractivity contribution in [3.63, 3.8) is 0 Å². The van der Waals surface area contributed by atoms with Gasteiger partial charge in [0.1, 0.15) is 6.61 Å². The number of hydrazone groups is 1. The van der Waals surface area contributed by atoms with Gasteiger partial charge in [0.2, 0.25) is 0 Å². The van der Waals surface area contributed by atoms with Crippen molar-refractivity contribution in [1.82, 2.24) is 0 Å². The van der Waals surface area contributed by atoms with Crippen molar-refractivity contribution >= 4 is 46.6 Å². The smallest absolute Gasteiger partial charge is 0.280 e. The van der Waals surface area contributed by atoms with E-state index in [1.54, 1.807) is 12.1 Å². The van der Waals surface area contributed by atoms with Crippen molar-refractivity contribution in [3.8, 4) is 11.5 Å². The third-order valence-electron chi connectivity index (χ3n) is 5.02. The van der Waals surface area contributed by atoms with Crippen LogP contribution in [0.2, 0.25) is 10.0 Å². The highest BCUT2D eigenvalue weighted by atomic mass is 35.5. The molecule has 1 heterocycles. The topological polar surface area (TPSA) is 51.1 Å². The minimum Gasteiger partial charge on any atom is -0.490 e. The number of para-hydroxylation sites is 1. The van der Waals surface area contributed by atoms with E-state index in [0.29, 0.717) is 46.0 Å². The molecule has 0 unspecified atom stereocenters. The van der Waals surface area contributed by atoms with E-state index < -0.39 is 0 Å². The summed E-state index contributed by atoms with van der Waals surface area (Å²) in [7, 11) is 0. The highest BCUT2D eigenvalue weighted by Crippen LogP contribution is 2.32. The summed E-state index contributed by atoms with van der Waals surface area (Å²) in [5.74, 6) is 1.02. The van der Waals surface area contributed by atoms with E-state index >= 15 is 0 Å². The summed E-state index contributed by atoms with van der Waals surface area (Å²) in [6, 6.07) is 20.3. The lowest BCUT2D eigenvalue weighted by molar-refractivity contribution is -0.114. The van der Waals surface area contributed by atoms with Gasteiger partial charge in [0, 0.05) is 0 Å². The number of carbonyl (C=O) groups excluding carboxylic acids is 1. The van der Waals surface area contributed by atoms with Gasteiger partial charge in [0.05, 0.1) is 33.6 Å². The number of anilines is 1. The Bertz CT molecular complexity index is 1240. The maximum absolute atomic E-state index is 13.0. The molecule has 0 radical (unpaired) electrons. The van der Waals surface area contributed by atoms with E-state index in [0.717, 1.165) is 16.8 Å². The van der Waals surface area contributed by atoms with E-state index in [1.807, 2.05) is 74.5 Å². The standard InChI is InChI=1S/C26H22Cl2N2O3/c1-3-32-25-15-18(10-12-24(25)33-16-19-9-11-22(27)23(28)14-19)13-21-17(2)29-30(26(21)31)20-7-5-4-6-8-20/h4-15H,3,16H2,1-2H3/b21-13+. The van der Waals surface area contributed by atoms with Gasteiger partial charge in [0.15, 0.2) is 11.5 Å². The molecule has 0 N–H and O–H groups in total. The van der Waals surface area contributed by atoms with E-state index in [-0.39, 0.29) is 5.91 Å². The number of hydrogen-bond donors (Lipinski definition) is 0. The minimum absolute atomic E-state index is 0.170. The Kier molecular flexibility index (Phi) is 7.02. The molecule has 0 saturated heterocycles. The van der Waals surface area contributed by atoms with Crippen LogP contribution in [0.25, 0.3) is 6.08 Å². The molecule has 0 fully saturated rings. The molecule has 7 heteroatoms. The lowest BCUT2D eigenvalue weighted by Crippen LogP contribution is -2.21. The molecule has 3 aromatic carbocycles. The average Bonchev–Trinajstić information content (AvgIpc) is 3.10. The van der Waals surface area contributed by atoms with Gasteiger partial charge in [-0.3, -0.25) is 4.79 Å². The van der Waals surface area contributed by atoms with E-state index in [9.17, 15) is 4.79 Å². The van der Waals surface area contributed by atoms with Gasteiger partial charge in [-0.05, 0) is 67.4 Å². The summed E-state index contributed by atoms with van der Waals surface area (Å²) in [5, 5.41) is 6.82. The maximum atomic E-state index is 13.0. The monoisotopic (exact) mass is 480 g/mol. The first-order chi connectivity index (χ1) is 16.0. The molecule has 0 aliphatic carbocycles. The van der Waals surface area contributed by atoms with E-state index in [1.165, 1.54) is 5.01 Å². The second kappa shape index (κ2) is 10.1. The van der Waals surface area contributed by atoms with Gasteiger partial charge in [-0.2, -0.15) is 10.1 Å². The molecule has 0 saturated carbocycles. The van der Waals surface area contributed by atoms with Crippen LogP contribution in [0.15, 0.2) is 77.4 Å². The zero-order valence-electron chi connectivity index (χ0n) is 18.2. The van der Waals surface area contributed by atoms with Crippen LogP contribution in [0, 0.1) is 0 Å². The van der Waals surface area contributed by atoms with Crippen LogP contribution < -0.4 is 14.5 Å². The molecule has 0 atom stereocenters. The number of amides is 1. The number of carbonyl (C=O) groups is 1. The fraction of sp³-hybridized carbons (Fsp3) is 0.154. The van der Waals surface area contributed by atoms with Gasteiger partial charge >= 0.3 is 0 Å². The maximum Gasteiger partial charge on any atom is 0.280 e. The SMILES string of the molecule is CCOc1cc(/C=C2/C(=O)N(c3ccccc3)N=C2C)ccc1OCc1ccc(Cl)c(Cl)c1. The lowest BCUT2D eigenvalue weighted by Gasteiger charge is -2.13. The molecule has 33 heavy (non-hydrogen) atoms. The molecule has 0 spiro atoms. The predicted molar refractivity (Wildman–Crippen MR) is 133 cm³/mol. The van der Waals surface area contributed by atoms with Crippen molar-refractivity contribution in [3.05, 3.63) is 93.5 Å². The van der Waals surface area contributed by atoms with Crippen LogP contribution in [0.5, 0.6) is 11.5 Å². The van der Waals surface area contributed by atoms with Crippen LogP contribution in [0.3, 0.4) is 0 Å². The number of nitrogens with zero attached hydrogens (tertiary/aromatic N) is 2. The Morgan fingerprint density at radius 2 is 1.73 bits per heavy atom. The molecule has 168 valence electrons. The first-order valence-electron chi connectivity index (χ1n) is 10.5. The summed E-state index contributed by atoms with van der Waals surface area (Å²) >= 11 is 12.1. The van der Waals surface area contributed by atoms with Crippen molar-refractivity contribution in [2.24, 2.45) is 5.10 Å². The predicted octanol–water partition coefficient (Wildman–Crippen LogP) is 6.78. The van der Waals surface area contributed by atoms with Crippen molar-refractivity contribution in [2.45, 2.75) is 20.5 Å². The van der Waals surface area contributed by atoms with Gasteiger partial charge in [-0.15, -0.1) is 0 Å². The Balaban J connectivity index is 1.55. The summed E-state index contributed by atoms with van der Waals surface area (Å²) in [4.78, 5) is 13.0. The Labute approximate surface area is 202 Å². The van der Waals surface area contributed by atoms with Crippen LogP contribution in [0.1, 0.15) is 25.0 Å². The molecule has 4 rings (SSSR count). The minimum atomic E-state index is -0.170.